The third-order valence-corrected chi connectivity index (χ3v) is 10.2. The first-order valence-corrected chi connectivity index (χ1v) is 15.3. The van der Waals surface area contributed by atoms with Crippen molar-refractivity contribution in [1.82, 2.24) is 24.7 Å². The Kier molecular flexibility index (Phi) is 7.01. The zero-order valence-corrected chi connectivity index (χ0v) is 25.2. The summed E-state index contributed by atoms with van der Waals surface area (Å²) in [6.45, 7) is 0.724. The molecule has 3 aliphatic rings. The van der Waals surface area contributed by atoms with Crippen molar-refractivity contribution in [3.63, 3.8) is 0 Å². The molecule has 3 aromatic heterocycles. The van der Waals surface area contributed by atoms with Gasteiger partial charge in [-0.05, 0) is 63.1 Å². The molecule has 4 heterocycles. The summed E-state index contributed by atoms with van der Waals surface area (Å²) in [7, 11) is 0. The van der Waals surface area contributed by atoms with E-state index in [1.807, 2.05) is 4.40 Å². The molecule has 11 nitrogen and oxygen atoms in total. The Morgan fingerprint density at radius 2 is 1.77 bits per heavy atom. The van der Waals surface area contributed by atoms with Gasteiger partial charge in [0.05, 0.1) is 17.3 Å². The fourth-order valence-corrected chi connectivity index (χ4v) is 7.65. The lowest BCUT2D eigenvalue weighted by atomic mass is 9.79. The number of primary amides is 1. The van der Waals surface area contributed by atoms with Crippen LogP contribution in [0, 0.1) is 16.7 Å². The summed E-state index contributed by atoms with van der Waals surface area (Å²) in [6.07, 6.45) is 3.96. The van der Waals surface area contributed by atoms with Crippen LogP contribution in [0.15, 0.2) is 48.9 Å². The molecule has 2 aliphatic carbocycles. The normalized spacial score (nSPS) is 23.4. The summed E-state index contributed by atoms with van der Waals surface area (Å²) in [5.41, 5.74) is 10.8. The molecule has 0 unspecified atom stereocenters. The van der Waals surface area contributed by atoms with Crippen molar-refractivity contribution in [1.29, 1.82) is 5.26 Å². The molecule has 47 heavy (non-hydrogen) atoms. The van der Waals surface area contributed by atoms with Crippen molar-refractivity contribution in [3.05, 3.63) is 65.9 Å². The van der Waals surface area contributed by atoms with Crippen molar-refractivity contribution in [2.45, 2.75) is 62.1 Å². The van der Waals surface area contributed by atoms with Crippen LogP contribution in [0.5, 0.6) is 0 Å². The number of anilines is 1. The van der Waals surface area contributed by atoms with Crippen LogP contribution < -0.4 is 16.8 Å². The number of nitrogen functional groups attached to an aromatic ring is 1. The van der Waals surface area contributed by atoms with Gasteiger partial charge in [-0.25, -0.2) is 9.97 Å². The SMILES string of the molecule is N#CC1(C(=O)NC23CCC(c4nc(-c5ccc(-c6cc(C(F)(F)F)ccn6)cc5C(N)=O)c5c(N)nccn45)(CC2)C3)CCOCC1. The van der Waals surface area contributed by atoms with Crippen LogP contribution in [0.2, 0.25) is 0 Å². The molecule has 1 saturated heterocycles. The second-order valence-electron chi connectivity index (χ2n) is 12.9. The maximum atomic E-state index is 13.5. The molecule has 5 N–H and O–H groups in total. The van der Waals surface area contributed by atoms with E-state index >= 15 is 0 Å². The third kappa shape index (κ3) is 4.96. The van der Waals surface area contributed by atoms with Crippen LogP contribution >= 0.6 is 0 Å². The molecule has 0 spiro atoms. The minimum atomic E-state index is -4.57. The predicted molar refractivity (Wildman–Crippen MR) is 163 cm³/mol. The van der Waals surface area contributed by atoms with Crippen molar-refractivity contribution in [3.8, 4) is 28.6 Å². The highest BCUT2D eigenvalue weighted by Gasteiger charge is 2.59. The minimum Gasteiger partial charge on any atom is -0.382 e. The zero-order valence-electron chi connectivity index (χ0n) is 25.2. The van der Waals surface area contributed by atoms with Gasteiger partial charge in [-0.3, -0.25) is 19.0 Å². The third-order valence-electron chi connectivity index (χ3n) is 10.2. The number of amides is 2. The number of ether oxygens (including phenoxy) is 1. The Morgan fingerprint density at radius 3 is 2.45 bits per heavy atom. The monoisotopic (exact) mass is 644 g/mol. The summed E-state index contributed by atoms with van der Waals surface area (Å²) < 4.78 is 47.5. The van der Waals surface area contributed by atoms with E-state index in [0.29, 0.717) is 67.9 Å². The standard InChI is InChI=1S/C33H31F3N8O3/c34-33(35,36)20-3-10-40-23(16-20)19-1-2-21(22(15-19)27(39)45)24-25-26(38)41-11-12-44(25)28(42-24)30-4-6-32(17-30,7-5-30)43-29(46)31(18-37)8-13-47-14-9-31/h1-3,10-12,15-16H,4-9,13-14,17H2,(H2,38,41)(H2,39,45)(H,43,46). The van der Waals surface area contributed by atoms with Crippen molar-refractivity contribution >= 4 is 23.1 Å². The maximum Gasteiger partial charge on any atom is 0.416 e. The highest BCUT2D eigenvalue weighted by Crippen LogP contribution is 2.58. The van der Waals surface area contributed by atoms with Crippen LogP contribution in [0.25, 0.3) is 28.0 Å². The van der Waals surface area contributed by atoms with Gasteiger partial charge in [-0.2, -0.15) is 18.4 Å². The fourth-order valence-electron chi connectivity index (χ4n) is 7.65. The topological polar surface area (TPSA) is 174 Å². The van der Waals surface area contributed by atoms with Gasteiger partial charge in [0.1, 0.15) is 28.3 Å². The number of carbonyl (C=O) groups excluding carboxylic acids is 2. The van der Waals surface area contributed by atoms with E-state index in [-0.39, 0.29) is 28.5 Å². The lowest BCUT2D eigenvalue weighted by Crippen LogP contribution is -2.52. The predicted octanol–water partition coefficient (Wildman–Crippen LogP) is 4.55. The number of nitriles is 1. The number of nitrogens with one attached hydrogen (secondary N) is 1. The molecule has 2 bridgehead atoms. The van der Waals surface area contributed by atoms with E-state index in [1.165, 1.54) is 6.07 Å². The molecule has 3 fully saturated rings. The number of nitrogens with two attached hydrogens (primary N) is 2. The number of hydrogen-bond acceptors (Lipinski definition) is 8. The number of hydrogen-bond donors (Lipinski definition) is 3. The zero-order chi connectivity index (χ0) is 33.2. The number of imidazole rings is 1. The Morgan fingerprint density at radius 1 is 1.02 bits per heavy atom. The van der Waals surface area contributed by atoms with E-state index in [0.717, 1.165) is 31.2 Å². The quantitative estimate of drug-likeness (QED) is 0.274. The second kappa shape index (κ2) is 10.8. The minimum absolute atomic E-state index is 0.0264. The van der Waals surface area contributed by atoms with Crippen molar-refractivity contribution < 1.29 is 27.5 Å². The lowest BCUT2D eigenvalue weighted by Gasteiger charge is -2.35. The molecule has 0 atom stereocenters. The Bertz CT molecular complexity index is 1970. The molecular formula is C33H31F3N8O3. The maximum absolute atomic E-state index is 13.5. The largest absolute Gasteiger partial charge is 0.416 e. The Labute approximate surface area is 267 Å². The van der Waals surface area contributed by atoms with Crippen LogP contribution in [0.3, 0.4) is 0 Å². The van der Waals surface area contributed by atoms with Crippen molar-refractivity contribution in [2.24, 2.45) is 11.1 Å². The first kappa shape index (κ1) is 30.6. The van der Waals surface area contributed by atoms with Crippen LogP contribution in [-0.4, -0.2) is 49.9 Å². The summed E-state index contributed by atoms with van der Waals surface area (Å²) in [4.78, 5) is 39.8. The van der Waals surface area contributed by atoms with Gasteiger partial charge in [0.25, 0.3) is 0 Å². The van der Waals surface area contributed by atoms with Crippen LogP contribution in [-0.2, 0) is 21.1 Å². The number of benzene rings is 1. The van der Waals surface area contributed by atoms with Crippen LogP contribution in [0.4, 0.5) is 19.0 Å². The average Bonchev–Trinajstić information content (AvgIpc) is 3.76. The number of carbonyl (C=O) groups is 2. The molecule has 1 aliphatic heterocycles. The summed E-state index contributed by atoms with van der Waals surface area (Å²) in [5.74, 6) is -0.197. The molecule has 2 saturated carbocycles. The number of fused-ring (bicyclic) bond motifs is 3. The molecule has 14 heteroatoms. The van der Waals surface area contributed by atoms with Crippen LogP contribution in [0.1, 0.15) is 66.7 Å². The van der Waals surface area contributed by atoms with Gasteiger partial charge in [0.15, 0.2) is 0 Å². The molecule has 0 radical (unpaired) electrons. The van der Waals surface area contributed by atoms with Crippen molar-refractivity contribution in [2.75, 3.05) is 18.9 Å². The Balaban J connectivity index is 1.28. The summed E-state index contributed by atoms with van der Waals surface area (Å²) in [5, 5.41) is 13.2. The number of pyridine rings is 1. The molecular weight excluding hydrogens is 613 g/mol. The molecule has 1 aromatic carbocycles. The van der Waals surface area contributed by atoms with E-state index in [1.54, 1.807) is 24.5 Å². The molecule has 242 valence electrons. The second-order valence-corrected chi connectivity index (χ2v) is 12.9. The van der Waals surface area contributed by atoms with E-state index in [9.17, 15) is 28.0 Å². The van der Waals surface area contributed by atoms with Gasteiger partial charge in [-0.15, -0.1) is 0 Å². The van der Waals surface area contributed by atoms with Gasteiger partial charge in [0, 0.05) is 59.4 Å². The number of rotatable bonds is 6. The van der Waals surface area contributed by atoms with Gasteiger partial charge in [0.2, 0.25) is 11.8 Å². The van der Waals surface area contributed by atoms with Gasteiger partial charge >= 0.3 is 6.18 Å². The number of halogens is 3. The smallest absolute Gasteiger partial charge is 0.382 e. The Hall–Kier alpha value is -5.03. The number of alkyl halides is 3. The average molecular weight is 645 g/mol. The number of aromatic nitrogens is 4. The lowest BCUT2D eigenvalue weighted by molar-refractivity contribution is -0.137. The molecule has 7 rings (SSSR count). The van der Waals surface area contributed by atoms with E-state index in [2.05, 4.69) is 21.4 Å². The summed E-state index contributed by atoms with van der Waals surface area (Å²) >= 11 is 0. The summed E-state index contributed by atoms with van der Waals surface area (Å²) in [6, 6.07) is 8.59. The van der Waals surface area contributed by atoms with Gasteiger partial charge in [-0.1, -0.05) is 12.1 Å². The molecule has 2 amide bonds. The number of nitrogens with zero attached hydrogens (tertiary/aromatic N) is 5. The molecule has 4 aromatic rings. The fraction of sp³-hybridized carbons (Fsp3) is 0.394. The van der Waals surface area contributed by atoms with E-state index < -0.39 is 34.0 Å². The highest BCUT2D eigenvalue weighted by molar-refractivity contribution is 6.03. The highest BCUT2D eigenvalue weighted by atomic mass is 19.4. The first-order valence-electron chi connectivity index (χ1n) is 15.3. The first-order chi connectivity index (χ1) is 22.4. The van der Waals surface area contributed by atoms with Gasteiger partial charge < -0.3 is 21.5 Å². The van der Waals surface area contributed by atoms with E-state index in [4.69, 9.17) is 21.2 Å².